The first-order valence-corrected chi connectivity index (χ1v) is 6.27. The number of carbonyl (C=O) groups excluding carboxylic acids is 1. The molecule has 2 N–H and O–H groups in total. The van der Waals surface area contributed by atoms with Crippen LogP contribution in [0.2, 0.25) is 0 Å². The number of nitrogens with one attached hydrogen (secondary N) is 2. The monoisotopic (exact) mass is 250 g/mol. The summed E-state index contributed by atoms with van der Waals surface area (Å²) in [6.07, 6.45) is 0.262. The zero-order valence-corrected chi connectivity index (χ0v) is 11.3. The Morgan fingerprint density at radius 2 is 2.06 bits per heavy atom. The van der Waals surface area contributed by atoms with Gasteiger partial charge in [-0.1, -0.05) is 18.2 Å². The predicted molar refractivity (Wildman–Crippen MR) is 73.5 cm³/mol. The van der Waals surface area contributed by atoms with Crippen LogP contribution in [-0.4, -0.2) is 25.2 Å². The van der Waals surface area contributed by atoms with Crippen LogP contribution in [0.15, 0.2) is 24.3 Å². The lowest BCUT2D eigenvalue weighted by molar-refractivity contribution is -0.114. The number of amides is 1. The zero-order chi connectivity index (χ0) is 13.4. The van der Waals surface area contributed by atoms with Crippen molar-refractivity contribution in [1.29, 1.82) is 0 Å². The van der Waals surface area contributed by atoms with E-state index in [1.807, 2.05) is 38.1 Å². The van der Waals surface area contributed by atoms with Crippen molar-refractivity contribution in [3.05, 3.63) is 29.8 Å². The van der Waals surface area contributed by atoms with E-state index >= 15 is 0 Å². The second kappa shape index (κ2) is 7.84. The van der Waals surface area contributed by atoms with Crippen LogP contribution in [0.25, 0.3) is 0 Å². The van der Waals surface area contributed by atoms with Gasteiger partial charge in [-0.05, 0) is 25.5 Å². The summed E-state index contributed by atoms with van der Waals surface area (Å²) in [5.74, 6) is -0.0504. The van der Waals surface area contributed by atoms with Crippen LogP contribution >= 0.6 is 0 Å². The van der Waals surface area contributed by atoms with Crippen molar-refractivity contribution in [2.75, 3.05) is 18.5 Å². The molecule has 0 aliphatic carbocycles. The van der Waals surface area contributed by atoms with Gasteiger partial charge < -0.3 is 15.4 Å². The van der Waals surface area contributed by atoms with Gasteiger partial charge in [-0.2, -0.15) is 0 Å². The minimum Gasteiger partial charge on any atom is -0.377 e. The average molecular weight is 250 g/mol. The zero-order valence-electron chi connectivity index (χ0n) is 11.3. The van der Waals surface area contributed by atoms with E-state index in [1.165, 1.54) is 6.92 Å². The Morgan fingerprint density at radius 1 is 1.33 bits per heavy atom. The summed E-state index contributed by atoms with van der Waals surface area (Å²) >= 11 is 0. The van der Waals surface area contributed by atoms with Crippen LogP contribution in [0.5, 0.6) is 0 Å². The fourth-order valence-corrected chi connectivity index (χ4v) is 1.58. The number of carbonyl (C=O) groups is 1. The van der Waals surface area contributed by atoms with Gasteiger partial charge in [0.2, 0.25) is 5.91 Å². The van der Waals surface area contributed by atoms with E-state index in [4.69, 9.17) is 4.74 Å². The Balaban J connectivity index is 2.39. The summed E-state index contributed by atoms with van der Waals surface area (Å²) in [6.45, 7) is 7.77. The summed E-state index contributed by atoms with van der Waals surface area (Å²) in [4.78, 5) is 11.1. The molecular formula is C14H22N2O2. The predicted octanol–water partition coefficient (Wildman–Crippen LogP) is 2.16. The number of anilines is 1. The van der Waals surface area contributed by atoms with Crippen LogP contribution in [-0.2, 0) is 16.1 Å². The third kappa shape index (κ3) is 5.80. The Hall–Kier alpha value is -1.39. The largest absolute Gasteiger partial charge is 0.377 e. The van der Waals surface area contributed by atoms with Crippen LogP contribution in [0.4, 0.5) is 5.69 Å². The maximum atomic E-state index is 11.1. The molecule has 4 nitrogen and oxygen atoms in total. The Kier molecular flexibility index (Phi) is 6.39. The topological polar surface area (TPSA) is 50.4 Å². The van der Waals surface area contributed by atoms with Crippen molar-refractivity contribution in [2.45, 2.75) is 33.4 Å². The SMILES string of the molecule is CC(=O)Nc1ccccc1CNCCOC(C)C. The summed E-state index contributed by atoms with van der Waals surface area (Å²) in [6, 6.07) is 7.79. The van der Waals surface area contributed by atoms with Gasteiger partial charge in [0.25, 0.3) is 0 Å². The molecule has 4 heteroatoms. The van der Waals surface area contributed by atoms with Crippen molar-refractivity contribution in [2.24, 2.45) is 0 Å². The summed E-state index contributed by atoms with van der Waals surface area (Å²) < 4.78 is 5.44. The van der Waals surface area contributed by atoms with Crippen molar-refractivity contribution in [1.82, 2.24) is 5.32 Å². The number of para-hydroxylation sites is 1. The molecule has 0 bridgehead atoms. The van der Waals surface area contributed by atoms with E-state index in [9.17, 15) is 4.79 Å². The molecule has 1 rings (SSSR count). The Bertz CT molecular complexity index is 378. The van der Waals surface area contributed by atoms with Gasteiger partial charge in [-0.3, -0.25) is 4.79 Å². The van der Waals surface area contributed by atoms with E-state index < -0.39 is 0 Å². The highest BCUT2D eigenvalue weighted by atomic mass is 16.5. The van der Waals surface area contributed by atoms with Gasteiger partial charge in [0.15, 0.2) is 0 Å². The first-order chi connectivity index (χ1) is 8.59. The highest BCUT2D eigenvalue weighted by Crippen LogP contribution is 2.14. The van der Waals surface area contributed by atoms with Crippen LogP contribution in [0.3, 0.4) is 0 Å². The van der Waals surface area contributed by atoms with Crippen molar-refractivity contribution >= 4 is 11.6 Å². The molecule has 0 fully saturated rings. The summed E-state index contributed by atoms with van der Waals surface area (Å²) in [5, 5.41) is 6.12. The van der Waals surface area contributed by atoms with Crippen LogP contribution in [0.1, 0.15) is 26.3 Å². The molecule has 0 heterocycles. The van der Waals surface area contributed by atoms with E-state index in [-0.39, 0.29) is 12.0 Å². The standard InChI is InChI=1S/C14H22N2O2/c1-11(2)18-9-8-15-10-13-6-4-5-7-14(13)16-12(3)17/h4-7,11,15H,8-10H2,1-3H3,(H,16,17). The lowest BCUT2D eigenvalue weighted by atomic mass is 10.1. The third-order valence-electron chi connectivity index (χ3n) is 2.37. The second-order valence-corrected chi connectivity index (χ2v) is 4.43. The first-order valence-electron chi connectivity index (χ1n) is 6.27. The van der Waals surface area contributed by atoms with Gasteiger partial charge in [0, 0.05) is 25.7 Å². The molecule has 100 valence electrons. The van der Waals surface area contributed by atoms with E-state index in [2.05, 4.69) is 10.6 Å². The molecule has 1 aromatic rings. The van der Waals surface area contributed by atoms with Crippen molar-refractivity contribution in [3.63, 3.8) is 0 Å². The smallest absolute Gasteiger partial charge is 0.221 e. The lowest BCUT2D eigenvalue weighted by Gasteiger charge is -2.11. The van der Waals surface area contributed by atoms with E-state index in [0.29, 0.717) is 6.61 Å². The van der Waals surface area contributed by atoms with Crippen LogP contribution in [0, 0.1) is 0 Å². The fraction of sp³-hybridized carbons (Fsp3) is 0.500. The highest BCUT2D eigenvalue weighted by Gasteiger charge is 2.02. The minimum atomic E-state index is -0.0504. The van der Waals surface area contributed by atoms with Crippen molar-refractivity contribution in [3.8, 4) is 0 Å². The van der Waals surface area contributed by atoms with Gasteiger partial charge in [-0.25, -0.2) is 0 Å². The lowest BCUT2D eigenvalue weighted by Crippen LogP contribution is -2.21. The molecule has 0 aliphatic heterocycles. The second-order valence-electron chi connectivity index (χ2n) is 4.43. The number of hydrogen-bond acceptors (Lipinski definition) is 3. The highest BCUT2D eigenvalue weighted by molar-refractivity contribution is 5.89. The molecule has 1 aromatic carbocycles. The maximum absolute atomic E-state index is 11.1. The third-order valence-corrected chi connectivity index (χ3v) is 2.37. The summed E-state index contributed by atoms with van der Waals surface area (Å²) in [7, 11) is 0. The average Bonchev–Trinajstić information content (AvgIpc) is 2.29. The molecule has 0 aromatic heterocycles. The van der Waals surface area contributed by atoms with Gasteiger partial charge in [0.1, 0.15) is 0 Å². The number of benzene rings is 1. The maximum Gasteiger partial charge on any atom is 0.221 e. The summed E-state index contributed by atoms with van der Waals surface area (Å²) in [5.41, 5.74) is 1.94. The first kappa shape index (κ1) is 14.7. The van der Waals surface area contributed by atoms with E-state index in [1.54, 1.807) is 0 Å². The molecule has 18 heavy (non-hydrogen) atoms. The molecular weight excluding hydrogens is 228 g/mol. The van der Waals surface area contributed by atoms with Gasteiger partial charge in [0.05, 0.1) is 12.7 Å². The molecule has 0 spiro atoms. The molecule has 0 saturated heterocycles. The number of ether oxygens (including phenoxy) is 1. The normalized spacial score (nSPS) is 10.7. The number of rotatable bonds is 7. The molecule has 0 aliphatic rings. The van der Waals surface area contributed by atoms with Crippen LogP contribution < -0.4 is 10.6 Å². The molecule has 0 atom stereocenters. The van der Waals surface area contributed by atoms with Crippen molar-refractivity contribution < 1.29 is 9.53 Å². The molecule has 1 amide bonds. The van der Waals surface area contributed by atoms with Gasteiger partial charge >= 0.3 is 0 Å². The Morgan fingerprint density at radius 3 is 2.72 bits per heavy atom. The minimum absolute atomic E-state index is 0.0504. The molecule has 0 saturated carbocycles. The van der Waals surface area contributed by atoms with Gasteiger partial charge in [-0.15, -0.1) is 0 Å². The Labute approximate surface area is 109 Å². The van der Waals surface area contributed by atoms with E-state index in [0.717, 1.165) is 24.3 Å². The fourth-order valence-electron chi connectivity index (χ4n) is 1.58. The molecule has 0 radical (unpaired) electrons. The number of hydrogen-bond donors (Lipinski definition) is 2. The quantitative estimate of drug-likeness (QED) is 0.729. The molecule has 0 unspecified atom stereocenters.